The summed E-state index contributed by atoms with van der Waals surface area (Å²) in [5.41, 5.74) is 1.15. The highest BCUT2D eigenvalue weighted by atomic mass is 35.5. The van der Waals surface area contributed by atoms with E-state index < -0.39 is 0 Å². The first-order valence-corrected chi connectivity index (χ1v) is 4.30. The van der Waals surface area contributed by atoms with Gasteiger partial charge in [0.05, 0.1) is 0 Å². The average molecular weight is 183 g/mol. The van der Waals surface area contributed by atoms with Crippen molar-refractivity contribution < 1.29 is 4.79 Å². The van der Waals surface area contributed by atoms with Crippen LogP contribution in [-0.4, -0.2) is 6.29 Å². The second-order valence-corrected chi connectivity index (χ2v) is 3.38. The van der Waals surface area contributed by atoms with Crippen molar-refractivity contribution in [3.8, 4) is 0 Å². The van der Waals surface area contributed by atoms with E-state index in [1.165, 1.54) is 0 Å². The third-order valence-electron chi connectivity index (χ3n) is 1.70. The fourth-order valence-electron chi connectivity index (χ4n) is 1.04. The smallest absolute Gasteiger partial charge is 0.123 e. The standard InChI is InChI=1S/C10H11ClO/c1-8(7-12)6-9-2-4-10(11)5-3-9/h2-5,7-8H,6H2,1H3/t8-/m0/s1. The highest BCUT2D eigenvalue weighted by Crippen LogP contribution is 2.12. The molecule has 0 aliphatic rings. The lowest BCUT2D eigenvalue weighted by Crippen LogP contribution is -1.99. The predicted molar refractivity (Wildman–Crippen MR) is 50.4 cm³/mol. The molecule has 2 heteroatoms. The molecule has 1 atom stereocenters. The van der Waals surface area contributed by atoms with Crippen LogP contribution in [0.4, 0.5) is 0 Å². The van der Waals surface area contributed by atoms with Gasteiger partial charge in [0.1, 0.15) is 6.29 Å². The maximum Gasteiger partial charge on any atom is 0.123 e. The molecule has 1 nitrogen and oxygen atoms in total. The predicted octanol–water partition coefficient (Wildman–Crippen LogP) is 2.72. The molecule has 0 heterocycles. The first kappa shape index (κ1) is 9.27. The van der Waals surface area contributed by atoms with Gasteiger partial charge in [0.2, 0.25) is 0 Å². The van der Waals surface area contributed by atoms with Gasteiger partial charge in [-0.15, -0.1) is 0 Å². The van der Waals surface area contributed by atoms with Crippen molar-refractivity contribution in [2.45, 2.75) is 13.3 Å². The summed E-state index contributed by atoms with van der Waals surface area (Å²) >= 11 is 5.71. The van der Waals surface area contributed by atoms with Crippen LogP contribution in [0.3, 0.4) is 0 Å². The van der Waals surface area contributed by atoms with Crippen LogP contribution in [0.15, 0.2) is 24.3 Å². The maximum absolute atomic E-state index is 10.4. The van der Waals surface area contributed by atoms with Crippen LogP contribution in [0.25, 0.3) is 0 Å². The zero-order chi connectivity index (χ0) is 8.97. The van der Waals surface area contributed by atoms with Gasteiger partial charge in [0.15, 0.2) is 0 Å². The average Bonchev–Trinajstić information content (AvgIpc) is 2.09. The van der Waals surface area contributed by atoms with Gasteiger partial charge in [0.25, 0.3) is 0 Å². The summed E-state index contributed by atoms with van der Waals surface area (Å²) in [5.74, 6) is 0.0891. The molecule has 1 aromatic rings. The Labute approximate surface area is 77.4 Å². The van der Waals surface area contributed by atoms with E-state index in [1.54, 1.807) is 0 Å². The molecule has 0 fully saturated rings. The molecule has 0 radical (unpaired) electrons. The van der Waals surface area contributed by atoms with Gasteiger partial charge in [-0.05, 0) is 24.1 Å². The highest BCUT2D eigenvalue weighted by Gasteiger charge is 2.00. The quantitative estimate of drug-likeness (QED) is 0.657. The Hall–Kier alpha value is -0.820. The van der Waals surface area contributed by atoms with Gasteiger partial charge in [-0.3, -0.25) is 0 Å². The van der Waals surface area contributed by atoms with Crippen molar-refractivity contribution in [3.05, 3.63) is 34.9 Å². The monoisotopic (exact) mass is 182 g/mol. The van der Waals surface area contributed by atoms with Crippen molar-refractivity contribution in [2.24, 2.45) is 5.92 Å². The Kier molecular flexibility index (Phi) is 3.30. The minimum absolute atomic E-state index is 0.0891. The SMILES string of the molecule is C[C@H](C=O)Cc1ccc(Cl)cc1. The molecule has 0 aromatic heterocycles. The molecular formula is C10H11ClO. The van der Waals surface area contributed by atoms with Gasteiger partial charge in [-0.2, -0.15) is 0 Å². The Balaban J connectivity index is 2.64. The van der Waals surface area contributed by atoms with Gasteiger partial charge in [-0.25, -0.2) is 0 Å². The van der Waals surface area contributed by atoms with Crippen LogP contribution in [0, 0.1) is 5.92 Å². The minimum atomic E-state index is 0.0891. The number of hydrogen-bond donors (Lipinski definition) is 0. The zero-order valence-corrected chi connectivity index (χ0v) is 7.71. The van der Waals surface area contributed by atoms with E-state index in [-0.39, 0.29) is 5.92 Å². The lowest BCUT2D eigenvalue weighted by atomic mass is 10.0. The number of hydrogen-bond acceptors (Lipinski definition) is 1. The maximum atomic E-state index is 10.4. The van der Waals surface area contributed by atoms with Crippen LogP contribution in [0.5, 0.6) is 0 Å². The van der Waals surface area contributed by atoms with Crippen LogP contribution >= 0.6 is 11.6 Å². The van der Waals surface area contributed by atoms with Crippen molar-refractivity contribution >= 4 is 17.9 Å². The Morgan fingerprint density at radius 1 is 1.42 bits per heavy atom. The summed E-state index contributed by atoms with van der Waals surface area (Å²) < 4.78 is 0. The third-order valence-corrected chi connectivity index (χ3v) is 1.96. The fraction of sp³-hybridized carbons (Fsp3) is 0.300. The van der Waals surface area contributed by atoms with Gasteiger partial charge >= 0.3 is 0 Å². The first-order valence-electron chi connectivity index (χ1n) is 3.92. The molecule has 0 saturated carbocycles. The van der Waals surface area contributed by atoms with Gasteiger partial charge < -0.3 is 4.79 Å². The molecule has 0 spiro atoms. The molecule has 0 N–H and O–H groups in total. The van der Waals surface area contributed by atoms with E-state index in [9.17, 15) is 4.79 Å². The largest absolute Gasteiger partial charge is 0.303 e. The summed E-state index contributed by atoms with van der Waals surface area (Å²) in [7, 11) is 0. The van der Waals surface area contributed by atoms with Crippen molar-refractivity contribution in [2.75, 3.05) is 0 Å². The van der Waals surface area contributed by atoms with Crippen LogP contribution in [-0.2, 0) is 11.2 Å². The summed E-state index contributed by atoms with van der Waals surface area (Å²) in [4.78, 5) is 10.4. The molecule has 0 aliphatic carbocycles. The lowest BCUT2D eigenvalue weighted by molar-refractivity contribution is -0.110. The van der Waals surface area contributed by atoms with Crippen LogP contribution in [0.1, 0.15) is 12.5 Å². The molecule has 0 saturated heterocycles. The lowest BCUT2D eigenvalue weighted by Gasteiger charge is -2.02. The van der Waals surface area contributed by atoms with E-state index in [2.05, 4.69) is 0 Å². The topological polar surface area (TPSA) is 17.1 Å². The summed E-state index contributed by atoms with van der Waals surface area (Å²) in [6.45, 7) is 1.90. The molecule has 1 rings (SSSR count). The Bertz CT molecular complexity index is 253. The minimum Gasteiger partial charge on any atom is -0.303 e. The summed E-state index contributed by atoms with van der Waals surface area (Å²) in [6, 6.07) is 7.58. The third kappa shape index (κ3) is 2.67. The van der Waals surface area contributed by atoms with E-state index in [1.807, 2.05) is 31.2 Å². The molecular weight excluding hydrogens is 172 g/mol. The Morgan fingerprint density at radius 2 is 2.00 bits per heavy atom. The molecule has 1 aromatic carbocycles. The van der Waals surface area contributed by atoms with E-state index >= 15 is 0 Å². The second kappa shape index (κ2) is 4.27. The molecule has 0 bridgehead atoms. The first-order chi connectivity index (χ1) is 5.72. The zero-order valence-electron chi connectivity index (χ0n) is 6.96. The number of carbonyl (C=O) groups excluding carboxylic acids is 1. The number of carbonyl (C=O) groups is 1. The molecule has 12 heavy (non-hydrogen) atoms. The number of aldehydes is 1. The molecule has 0 aliphatic heterocycles. The Morgan fingerprint density at radius 3 is 2.50 bits per heavy atom. The van der Waals surface area contributed by atoms with Crippen LogP contribution < -0.4 is 0 Å². The van der Waals surface area contributed by atoms with Crippen molar-refractivity contribution in [1.82, 2.24) is 0 Å². The molecule has 64 valence electrons. The second-order valence-electron chi connectivity index (χ2n) is 2.94. The van der Waals surface area contributed by atoms with E-state index in [4.69, 9.17) is 11.6 Å². The number of benzene rings is 1. The van der Waals surface area contributed by atoms with Crippen LogP contribution in [0.2, 0.25) is 5.02 Å². The van der Waals surface area contributed by atoms with Gasteiger partial charge in [-0.1, -0.05) is 30.7 Å². The van der Waals surface area contributed by atoms with E-state index in [0.717, 1.165) is 23.3 Å². The van der Waals surface area contributed by atoms with Gasteiger partial charge in [0, 0.05) is 10.9 Å². The molecule has 0 amide bonds. The van der Waals surface area contributed by atoms with Crippen molar-refractivity contribution in [3.63, 3.8) is 0 Å². The number of halogens is 1. The van der Waals surface area contributed by atoms with E-state index in [0.29, 0.717) is 0 Å². The van der Waals surface area contributed by atoms with Crippen molar-refractivity contribution in [1.29, 1.82) is 0 Å². The highest BCUT2D eigenvalue weighted by molar-refractivity contribution is 6.30. The fourth-order valence-corrected chi connectivity index (χ4v) is 1.17. The summed E-state index contributed by atoms with van der Waals surface area (Å²) in [6.07, 6.45) is 1.76. The molecule has 0 unspecified atom stereocenters. The summed E-state index contributed by atoms with van der Waals surface area (Å²) in [5, 5.41) is 0.734. The number of rotatable bonds is 3. The normalized spacial score (nSPS) is 12.5.